The van der Waals surface area contributed by atoms with E-state index in [9.17, 15) is 9.59 Å². The van der Waals surface area contributed by atoms with Crippen LogP contribution in [0, 0.1) is 13.8 Å². The van der Waals surface area contributed by atoms with Crippen LogP contribution in [0.1, 0.15) is 44.8 Å². The molecular formula is C21H20N2O2S. The topological polar surface area (TPSA) is 59.1 Å². The smallest absolute Gasteiger partial charge is 0.204 e. The summed E-state index contributed by atoms with van der Waals surface area (Å²) >= 11 is 1.32. The van der Waals surface area contributed by atoms with E-state index in [2.05, 4.69) is 10.3 Å². The minimum Gasteiger partial charge on any atom is -0.332 e. The maximum absolute atomic E-state index is 12.7. The standard InChI is InChI=1S/C21H20N2O2S/c1-13-7-8-18(14(2)9-13)20(25)19-11-22-21(26-19)23-17-6-4-5-16(10-17)15(3)12-24/h4-12,15H,1-3H3,(H,22,23). The molecule has 0 aliphatic heterocycles. The summed E-state index contributed by atoms with van der Waals surface area (Å²) in [6, 6.07) is 13.5. The van der Waals surface area contributed by atoms with Crippen LogP contribution in [-0.2, 0) is 4.79 Å². The fraction of sp³-hybridized carbons (Fsp3) is 0.190. The van der Waals surface area contributed by atoms with Crippen molar-refractivity contribution in [2.45, 2.75) is 26.7 Å². The quantitative estimate of drug-likeness (QED) is 0.492. The first kappa shape index (κ1) is 18.0. The predicted octanol–water partition coefficient (Wildman–Crippen LogP) is 5.04. The third-order valence-corrected chi connectivity index (χ3v) is 5.14. The number of nitrogens with one attached hydrogen (secondary N) is 1. The molecule has 0 aliphatic carbocycles. The van der Waals surface area contributed by atoms with Crippen molar-refractivity contribution in [2.75, 3.05) is 5.32 Å². The summed E-state index contributed by atoms with van der Waals surface area (Å²) in [4.78, 5) is 28.6. The van der Waals surface area contributed by atoms with Crippen molar-refractivity contribution < 1.29 is 9.59 Å². The molecule has 0 spiro atoms. The fourth-order valence-corrected chi connectivity index (χ4v) is 3.53. The summed E-state index contributed by atoms with van der Waals surface area (Å²) < 4.78 is 0. The third kappa shape index (κ3) is 3.89. The Labute approximate surface area is 156 Å². The van der Waals surface area contributed by atoms with Crippen LogP contribution in [0.4, 0.5) is 10.8 Å². The molecule has 2 aromatic carbocycles. The number of carbonyl (C=O) groups is 2. The highest BCUT2D eigenvalue weighted by Gasteiger charge is 2.15. The van der Waals surface area contributed by atoms with Gasteiger partial charge in [-0.25, -0.2) is 4.98 Å². The Morgan fingerprint density at radius 1 is 1.19 bits per heavy atom. The molecule has 0 radical (unpaired) electrons. The Kier molecular flexibility index (Phi) is 5.28. The summed E-state index contributed by atoms with van der Waals surface area (Å²) in [5, 5.41) is 3.86. The molecule has 3 rings (SSSR count). The zero-order chi connectivity index (χ0) is 18.7. The SMILES string of the molecule is Cc1ccc(C(=O)c2cnc(Nc3cccc(C(C)C=O)c3)s2)c(C)c1. The summed E-state index contributed by atoms with van der Waals surface area (Å²) in [6.45, 7) is 5.81. The van der Waals surface area contributed by atoms with E-state index in [1.807, 2.05) is 63.2 Å². The van der Waals surface area contributed by atoms with Crippen LogP contribution in [0.3, 0.4) is 0 Å². The molecule has 0 saturated heterocycles. The van der Waals surface area contributed by atoms with Gasteiger partial charge in [0, 0.05) is 17.2 Å². The molecule has 3 aromatic rings. The van der Waals surface area contributed by atoms with Gasteiger partial charge in [-0.3, -0.25) is 4.79 Å². The van der Waals surface area contributed by atoms with Gasteiger partial charge in [-0.1, -0.05) is 54.2 Å². The van der Waals surface area contributed by atoms with Gasteiger partial charge in [0.05, 0.1) is 11.1 Å². The highest BCUT2D eigenvalue weighted by Crippen LogP contribution is 2.27. The number of anilines is 2. The van der Waals surface area contributed by atoms with E-state index < -0.39 is 0 Å². The van der Waals surface area contributed by atoms with Crippen molar-refractivity contribution >= 4 is 34.2 Å². The zero-order valence-corrected chi connectivity index (χ0v) is 15.8. The molecule has 1 unspecified atom stereocenters. The minimum absolute atomic E-state index is 0.0172. The van der Waals surface area contributed by atoms with E-state index in [4.69, 9.17) is 0 Å². The second kappa shape index (κ2) is 7.62. The first-order valence-electron chi connectivity index (χ1n) is 8.38. The molecular weight excluding hydrogens is 344 g/mol. The van der Waals surface area contributed by atoms with E-state index in [0.29, 0.717) is 15.6 Å². The van der Waals surface area contributed by atoms with Crippen LogP contribution < -0.4 is 5.32 Å². The van der Waals surface area contributed by atoms with Crippen LogP contribution in [0.25, 0.3) is 0 Å². The van der Waals surface area contributed by atoms with Crippen LogP contribution in [0.2, 0.25) is 0 Å². The van der Waals surface area contributed by atoms with Gasteiger partial charge < -0.3 is 10.1 Å². The summed E-state index contributed by atoms with van der Waals surface area (Å²) in [5.74, 6) is -0.175. The number of hydrogen-bond acceptors (Lipinski definition) is 5. The van der Waals surface area contributed by atoms with E-state index in [1.54, 1.807) is 6.20 Å². The number of hydrogen-bond donors (Lipinski definition) is 1. The summed E-state index contributed by atoms with van der Waals surface area (Å²) in [7, 11) is 0. The first-order valence-corrected chi connectivity index (χ1v) is 9.19. The monoisotopic (exact) mass is 364 g/mol. The third-order valence-electron chi connectivity index (χ3n) is 4.22. The lowest BCUT2D eigenvalue weighted by atomic mass is 10.0. The lowest BCUT2D eigenvalue weighted by Crippen LogP contribution is -2.01. The van der Waals surface area contributed by atoms with Crippen molar-refractivity contribution in [3.05, 3.63) is 75.8 Å². The first-order chi connectivity index (χ1) is 12.5. The average Bonchev–Trinajstić information content (AvgIpc) is 3.09. The van der Waals surface area contributed by atoms with E-state index in [0.717, 1.165) is 28.7 Å². The van der Waals surface area contributed by atoms with Gasteiger partial charge in [-0.15, -0.1) is 0 Å². The van der Waals surface area contributed by atoms with Crippen molar-refractivity contribution in [2.24, 2.45) is 0 Å². The molecule has 0 aliphatic rings. The molecule has 26 heavy (non-hydrogen) atoms. The van der Waals surface area contributed by atoms with Gasteiger partial charge in [-0.2, -0.15) is 0 Å². The van der Waals surface area contributed by atoms with Gasteiger partial charge in [-0.05, 0) is 37.1 Å². The Morgan fingerprint density at radius 3 is 2.73 bits per heavy atom. The van der Waals surface area contributed by atoms with E-state index in [-0.39, 0.29) is 11.7 Å². The van der Waals surface area contributed by atoms with Crippen molar-refractivity contribution in [3.63, 3.8) is 0 Å². The molecule has 1 atom stereocenters. The number of rotatable bonds is 6. The second-order valence-electron chi connectivity index (χ2n) is 6.35. The Morgan fingerprint density at radius 2 is 2.00 bits per heavy atom. The molecule has 0 fully saturated rings. The number of aldehydes is 1. The molecule has 0 saturated carbocycles. The number of nitrogens with zero attached hydrogens (tertiary/aromatic N) is 1. The van der Waals surface area contributed by atoms with Crippen LogP contribution in [0.15, 0.2) is 48.7 Å². The van der Waals surface area contributed by atoms with Gasteiger partial charge in [0.2, 0.25) is 5.78 Å². The number of ketones is 1. The minimum atomic E-state index is -0.158. The number of aromatic nitrogens is 1. The normalized spacial score (nSPS) is 11.8. The Balaban J connectivity index is 1.80. The Bertz CT molecular complexity index is 962. The largest absolute Gasteiger partial charge is 0.332 e. The fourth-order valence-electron chi connectivity index (χ4n) is 2.74. The molecule has 0 amide bonds. The number of thiazole rings is 1. The lowest BCUT2D eigenvalue weighted by Gasteiger charge is -2.07. The van der Waals surface area contributed by atoms with Crippen LogP contribution >= 0.6 is 11.3 Å². The van der Waals surface area contributed by atoms with Gasteiger partial charge in [0.1, 0.15) is 6.29 Å². The zero-order valence-electron chi connectivity index (χ0n) is 14.9. The maximum Gasteiger partial charge on any atom is 0.204 e. The van der Waals surface area contributed by atoms with Crippen molar-refractivity contribution in [1.82, 2.24) is 4.98 Å². The maximum atomic E-state index is 12.7. The summed E-state index contributed by atoms with van der Waals surface area (Å²) in [6.07, 6.45) is 2.52. The van der Waals surface area contributed by atoms with Crippen molar-refractivity contribution in [1.29, 1.82) is 0 Å². The van der Waals surface area contributed by atoms with Gasteiger partial charge >= 0.3 is 0 Å². The Hall–Kier alpha value is -2.79. The van der Waals surface area contributed by atoms with Crippen LogP contribution in [-0.4, -0.2) is 17.1 Å². The lowest BCUT2D eigenvalue weighted by molar-refractivity contribution is -0.108. The van der Waals surface area contributed by atoms with Gasteiger partial charge in [0.25, 0.3) is 0 Å². The molecule has 132 valence electrons. The number of benzene rings is 2. The second-order valence-corrected chi connectivity index (χ2v) is 7.38. The average molecular weight is 364 g/mol. The van der Waals surface area contributed by atoms with Crippen LogP contribution in [0.5, 0.6) is 0 Å². The number of carbonyl (C=O) groups excluding carboxylic acids is 2. The highest BCUT2D eigenvalue weighted by atomic mass is 32.1. The van der Waals surface area contributed by atoms with Gasteiger partial charge in [0.15, 0.2) is 5.13 Å². The highest BCUT2D eigenvalue weighted by molar-refractivity contribution is 7.17. The molecule has 0 bridgehead atoms. The molecule has 4 nitrogen and oxygen atoms in total. The predicted molar refractivity (Wildman–Crippen MR) is 106 cm³/mol. The molecule has 5 heteroatoms. The number of aryl methyl sites for hydroxylation is 2. The molecule has 1 aromatic heterocycles. The summed E-state index contributed by atoms with van der Waals surface area (Å²) in [5.41, 5.74) is 4.58. The van der Waals surface area contributed by atoms with E-state index >= 15 is 0 Å². The molecule has 1 N–H and O–H groups in total. The molecule has 1 heterocycles. The van der Waals surface area contributed by atoms with Crippen molar-refractivity contribution in [3.8, 4) is 0 Å². The van der Waals surface area contributed by atoms with E-state index in [1.165, 1.54) is 11.3 Å².